The molecule has 1 aliphatic carbocycles. The molecule has 1 saturated carbocycles. The summed E-state index contributed by atoms with van der Waals surface area (Å²) >= 11 is 1.50. The Labute approximate surface area is 273 Å². The Hall–Kier alpha value is -4.17. The van der Waals surface area contributed by atoms with Gasteiger partial charge in [0.25, 0.3) is 5.91 Å². The summed E-state index contributed by atoms with van der Waals surface area (Å²) < 4.78 is 55.4. The summed E-state index contributed by atoms with van der Waals surface area (Å²) in [5.74, 6) is -1.75. The first-order valence-corrected chi connectivity index (χ1v) is 16.3. The number of carbonyl (C=O) groups excluding carboxylic acids is 3. The molecule has 3 heterocycles. The molecule has 14 heteroatoms. The Kier molecular flexibility index (Phi) is 9.16. The van der Waals surface area contributed by atoms with Crippen molar-refractivity contribution in [2.75, 3.05) is 25.2 Å². The number of methoxy groups -OCH3 is 1. The molecule has 47 heavy (non-hydrogen) atoms. The van der Waals surface area contributed by atoms with Crippen LogP contribution in [0.25, 0.3) is 15.9 Å². The molecule has 4 atom stereocenters. The second kappa shape index (κ2) is 13.1. The minimum atomic E-state index is -4.91. The number of piperidine rings is 1. The monoisotopic (exact) mass is 672 g/mol. The molecule has 2 saturated heterocycles. The number of nitrogens with zero attached hydrogens (tertiary/aromatic N) is 2. The number of ketones is 1. The van der Waals surface area contributed by atoms with Crippen molar-refractivity contribution in [2.45, 2.75) is 63.6 Å². The van der Waals surface area contributed by atoms with Gasteiger partial charge in [0.15, 0.2) is 10.9 Å². The summed E-state index contributed by atoms with van der Waals surface area (Å²) in [7, 11) is 1.25. The summed E-state index contributed by atoms with van der Waals surface area (Å²) in [4.78, 5) is 44.5. The van der Waals surface area contributed by atoms with Crippen molar-refractivity contribution in [2.24, 2.45) is 17.6 Å². The molecule has 4 unspecified atom stereocenters. The van der Waals surface area contributed by atoms with Gasteiger partial charge >= 0.3 is 12.3 Å². The van der Waals surface area contributed by atoms with E-state index in [1.807, 2.05) is 0 Å². The summed E-state index contributed by atoms with van der Waals surface area (Å²) in [6.07, 6.45) is -1.18. The van der Waals surface area contributed by atoms with Crippen molar-refractivity contribution >= 4 is 50.0 Å². The fourth-order valence-electron chi connectivity index (χ4n) is 6.53. The summed E-state index contributed by atoms with van der Waals surface area (Å²) in [5.41, 5.74) is 7.69. The van der Waals surface area contributed by atoms with E-state index in [1.165, 1.54) is 36.6 Å². The number of alkyl halides is 3. The number of ether oxygens (including phenoxy) is 3. The number of carbonyl (C=O) groups is 3. The predicted octanol–water partition coefficient (Wildman–Crippen LogP) is 5.21. The van der Waals surface area contributed by atoms with Gasteiger partial charge in [0, 0.05) is 40.6 Å². The number of thiazole rings is 1. The number of nitrogens with two attached hydrogens (primary N) is 1. The highest BCUT2D eigenvalue weighted by Gasteiger charge is 2.47. The number of esters is 1. The van der Waals surface area contributed by atoms with Crippen LogP contribution in [0.4, 0.5) is 18.3 Å². The molecule has 1 aromatic heterocycles. The van der Waals surface area contributed by atoms with E-state index in [0.717, 1.165) is 28.2 Å². The van der Waals surface area contributed by atoms with Gasteiger partial charge in [0.05, 0.1) is 35.7 Å². The van der Waals surface area contributed by atoms with Crippen LogP contribution >= 0.6 is 11.3 Å². The van der Waals surface area contributed by atoms with E-state index in [2.05, 4.69) is 26.6 Å². The van der Waals surface area contributed by atoms with Gasteiger partial charge < -0.3 is 30.2 Å². The Morgan fingerprint density at radius 3 is 2.60 bits per heavy atom. The highest BCUT2D eigenvalue weighted by Crippen LogP contribution is 2.46. The molecule has 0 spiro atoms. The molecular weight excluding hydrogens is 637 g/mol. The van der Waals surface area contributed by atoms with Gasteiger partial charge in [-0.2, -0.15) is 0 Å². The lowest BCUT2D eigenvalue weighted by Gasteiger charge is -2.43. The number of amides is 1. The van der Waals surface area contributed by atoms with Crippen LogP contribution in [-0.4, -0.2) is 67.5 Å². The molecule has 3 fully saturated rings. The van der Waals surface area contributed by atoms with Crippen molar-refractivity contribution in [3.05, 3.63) is 59.2 Å². The number of rotatable bonds is 11. The average molecular weight is 673 g/mol. The molecule has 2 aliphatic heterocycles. The second-order valence-corrected chi connectivity index (χ2v) is 13.2. The number of anilines is 1. The predicted molar refractivity (Wildman–Crippen MR) is 169 cm³/mol. The largest absolute Gasteiger partial charge is 0.573 e. The maximum atomic E-state index is 13.3. The van der Waals surface area contributed by atoms with E-state index >= 15 is 0 Å². The Bertz CT molecular complexity index is 1720. The van der Waals surface area contributed by atoms with Gasteiger partial charge in [-0.3, -0.25) is 14.4 Å². The van der Waals surface area contributed by atoms with Gasteiger partial charge in [-0.05, 0) is 62.4 Å². The topological polar surface area (TPSA) is 133 Å². The third-order valence-corrected chi connectivity index (χ3v) is 10.2. The van der Waals surface area contributed by atoms with E-state index in [4.69, 9.17) is 15.5 Å². The Morgan fingerprint density at radius 2 is 1.87 bits per heavy atom. The maximum Gasteiger partial charge on any atom is 0.573 e. The van der Waals surface area contributed by atoms with Crippen molar-refractivity contribution in [3.63, 3.8) is 0 Å². The standard InChI is InChI=1S/C33H35F3N4O6S/c1-17-24-12-10-20(40(24)32-39-23-11-9-19(13-27(23)47-32)31(43)38-15-28(41)44-2)14-26(17)45-16-22(30(42)18-7-8-18)29(37)21-5-3-4-6-25(21)46-33(34,35)36/h3-6,9,11,13,17-18,20,24,26H,7-8,10,12,14-16,37H2,1-2H3,(H,38,43). The van der Waals surface area contributed by atoms with Gasteiger partial charge in [0.1, 0.15) is 12.3 Å². The van der Waals surface area contributed by atoms with E-state index in [1.54, 1.807) is 24.3 Å². The van der Waals surface area contributed by atoms with Crippen molar-refractivity contribution in [1.29, 1.82) is 0 Å². The zero-order chi connectivity index (χ0) is 33.5. The Morgan fingerprint density at radius 1 is 1.11 bits per heavy atom. The number of benzene rings is 2. The van der Waals surface area contributed by atoms with Gasteiger partial charge in [-0.15, -0.1) is 13.2 Å². The number of nitrogens with one attached hydrogen (secondary N) is 1. The SMILES string of the molecule is COC(=O)CNC(=O)c1ccc2nc(N3C4CCC3C(C)C(OCC(C(=O)C3CC3)=C(N)c3ccccc3OC(F)(F)F)C4)sc2c1. The molecule has 250 valence electrons. The van der Waals surface area contributed by atoms with Crippen LogP contribution in [0.3, 0.4) is 0 Å². The van der Waals surface area contributed by atoms with Crippen molar-refractivity contribution < 1.29 is 41.8 Å². The normalized spacial score (nSPS) is 23.0. The summed E-state index contributed by atoms with van der Waals surface area (Å²) in [6, 6.07) is 11.0. The van der Waals surface area contributed by atoms with E-state index < -0.39 is 18.1 Å². The molecule has 3 N–H and O–H groups in total. The minimum absolute atomic E-state index is 0.000279. The number of fused-ring (bicyclic) bond motifs is 3. The third kappa shape index (κ3) is 7.08. The second-order valence-electron chi connectivity index (χ2n) is 12.2. The number of hydrogen-bond acceptors (Lipinski definition) is 10. The Balaban J connectivity index is 1.18. The molecule has 2 bridgehead atoms. The first-order chi connectivity index (χ1) is 22.4. The highest BCUT2D eigenvalue weighted by atomic mass is 32.1. The lowest BCUT2D eigenvalue weighted by Crippen LogP contribution is -2.51. The lowest BCUT2D eigenvalue weighted by molar-refractivity contribution is -0.274. The fourth-order valence-corrected chi connectivity index (χ4v) is 7.66. The van der Waals surface area contributed by atoms with E-state index in [-0.39, 0.29) is 71.7 Å². The highest BCUT2D eigenvalue weighted by molar-refractivity contribution is 7.22. The van der Waals surface area contributed by atoms with Crippen LogP contribution in [0.5, 0.6) is 5.75 Å². The van der Waals surface area contributed by atoms with Crippen LogP contribution in [0.1, 0.15) is 54.9 Å². The lowest BCUT2D eigenvalue weighted by atomic mass is 9.89. The number of aromatic nitrogens is 1. The summed E-state index contributed by atoms with van der Waals surface area (Å²) in [6.45, 7) is 1.76. The number of halogens is 3. The van der Waals surface area contributed by atoms with Crippen LogP contribution in [-0.2, 0) is 19.1 Å². The first kappa shape index (κ1) is 32.8. The minimum Gasteiger partial charge on any atom is -0.468 e. The smallest absolute Gasteiger partial charge is 0.468 e. The van der Waals surface area contributed by atoms with E-state index in [9.17, 15) is 27.6 Å². The maximum absolute atomic E-state index is 13.3. The average Bonchev–Trinajstić information content (AvgIpc) is 3.72. The van der Waals surface area contributed by atoms with Gasteiger partial charge in [-0.1, -0.05) is 30.4 Å². The molecule has 6 rings (SSSR count). The summed E-state index contributed by atoms with van der Waals surface area (Å²) in [5, 5.41) is 3.39. The fraction of sp³-hybridized carbons (Fsp3) is 0.455. The zero-order valence-electron chi connectivity index (χ0n) is 25.8. The van der Waals surface area contributed by atoms with Gasteiger partial charge in [-0.25, -0.2) is 4.98 Å². The quantitative estimate of drug-likeness (QED) is 0.208. The molecule has 1 amide bonds. The number of para-hydroxylation sites is 1. The zero-order valence-corrected chi connectivity index (χ0v) is 26.7. The first-order valence-electron chi connectivity index (χ1n) is 15.5. The van der Waals surface area contributed by atoms with Crippen molar-refractivity contribution in [1.82, 2.24) is 10.3 Å². The molecule has 10 nitrogen and oxygen atoms in total. The van der Waals surface area contributed by atoms with Crippen LogP contribution in [0.2, 0.25) is 0 Å². The number of hydrogen-bond donors (Lipinski definition) is 2. The van der Waals surface area contributed by atoms with E-state index in [0.29, 0.717) is 24.8 Å². The van der Waals surface area contributed by atoms with Crippen LogP contribution in [0.15, 0.2) is 48.0 Å². The van der Waals surface area contributed by atoms with Crippen molar-refractivity contribution in [3.8, 4) is 5.75 Å². The molecule has 3 aliphatic rings. The molecule has 3 aromatic rings. The van der Waals surface area contributed by atoms with Crippen LogP contribution < -0.4 is 20.7 Å². The molecular formula is C33H35F3N4O6S. The van der Waals surface area contributed by atoms with Crippen LogP contribution in [0, 0.1) is 11.8 Å². The molecule has 0 radical (unpaired) electrons. The van der Waals surface area contributed by atoms with Gasteiger partial charge in [0.2, 0.25) is 0 Å². The number of Topliss-reactive ketones (excluding diaryl/α,β-unsaturated/α-hetero) is 1. The molecule has 2 aromatic carbocycles. The third-order valence-electron chi connectivity index (χ3n) is 9.14.